The van der Waals surface area contributed by atoms with Crippen LogP contribution in [-0.2, 0) is 6.42 Å². The summed E-state index contributed by atoms with van der Waals surface area (Å²) >= 11 is 0. The molecule has 0 fully saturated rings. The third-order valence-electron chi connectivity index (χ3n) is 2.70. The molecule has 0 saturated heterocycles. The summed E-state index contributed by atoms with van der Waals surface area (Å²) in [4.78, 5) is 16.0. The number of nitrogens with two attached hydrogens (primary N) is 1. The van der Waals surface area contributed by atoms with Gasteiger partial charge in [0.25, 0.3) is 5.91 Å². The first-order valence-electron chi connectivity index (χ1n) is 5.82. The SMILES string of the molecule is CCc1ccccc1NC(=O)c1ncccc1N. The van der Waals surface area contributed by atoms with E-state index in [4.69, 9.17) is 5.73 Å². The summed E-state index contributed by atoms with van der Waals surface area (Å²) in [5.74, 6) is -0.283. The Balaban J connectivity index is 2.24. The molecule has 0 saturated carbocycles. The van der Waals surface area contributed by atoms with Crippen LogP contribution in [0.3, 0.4) is 0 Å². The van der Waals surface area contributed by atoms with Gasteiger partial charge < -0.3 is 11.1 Å². The van der Waals surface area contributed by atoms with Crippen LogP contribution < -0.4 is 11.1 Å². The first-order valence-corrected chi connectivity index (χ1v) is 5.82. The van der Waals surface area contributed by atoms with Crippen LogP contribution in [0.25, 0.3) is 0 Å². The minimum atomic E-state index is -0.283. The van der Waals surface area contributed by atoms with Gasteiger partial charge in [0.2, 0.25) is 0 Å². The lowest BCUT2D eigenvalue weighted by Gasteiger charge is -2.10. The van der Waals surface area contributed by atoms with Crippen LogP contribution in [0.4, 0.5) is 11.4 Å². The van der Waals surface area contributed by atoms with Gasteiger partial charge >= 0.3 is 0 Å². The lowest BCUT2D eigenvalue weighted by molar-refractivity contribution is 0.102. The van der Waals surface area contributed by atoms with Crippen molar-refractivity contribution in [2.24, 2.45) is 0 Å². The Morgan fingerprint density at radius 3 is 2.78 bits per heavy atom. The van der Waals surface area contributed by atoms with E-state index in [0.717, 1.165) is 17.7 Å². The van der Waals surface area contributed by atoms with Crippen molar-refractivity contribution in [3.05, 3.63) is 53.9 Å². The number of amides is 1. The van der Waals surface area contributed by atoms with Gasteiger partial charge in [0.05, 0.1) is 5.69 Å². The monoisotopic (exact) mass is 241 g/mol. The van der Waals surface area contributed by atoms with Crippen LogP contribution in [-0.4, -0.2) is 10.9 Å². The summed E-state index contributed by atoms with van der Waals surface area (Å²) in [6.45, 7) is 2.04. The molecule has 0 unspecified atom stereocenters. The van der Waals surface area contributed by atoms with Gasteiger partial charge in [-0.3, -0.25) is 4.79 Å². The Kier molecular flexibility index (Phi) is 3.57. The van der Waals surface area contributed by atoms with Gasteiger partial charge in [-0.1, -0.05) is 25.1 Å². The number of para-hydroxylation sites is 1. The predicted molar refractivity (Wildman–Crippen MR) is 72.4 cm³/mol. The number of nitrogens with one attached hydrogen (secondary N) is 1. The molecule has 1 amide bonds. The summed E-state index contributed by atoms with van der Waals surface area (Å²) < 4.78 is 0. The molecule has 0 bridgehead atoms. The van der Waals surface area contributed by atoms with Crippen LogP contribution in [0, 0.1) is 0 Å². The van der Waals surface area contributed by atoms with Gasteiger partial charge in [0.1, 0.15) is 0 Å². The number of aromatic nitrogens is 1. The van der Waals surface area contributed by atoms with Gasteiger partial charge in [0.15, 0.2) is 5.69 Å². The van der Waals surface area contributed by atoms with Crippen molar-refractivity contribution in [2.45, 2.75) is 13.3 Å². The molecule has 2 rings (SSSR count). The van der Waals surface area contributed by atoms with Crippen LogP contribution in [0.2, 0.25) is 0 Å². The van der Waals surface area contributed by atoms with Crippen LogP contribution >= 0.6 is 0 Å². The normalized spacial score (nSPS) is 10.1. The van der Waals surface area contributed by atoms with Gasteiger partial charge in [-0.2, -0.15) is 0 Å². The third kappa shape index (κ3) is 2.48. The molecule has 1 aromatic heterocycles. The number of hydrogen-bond acceptors (Lipinski definition) is 3. The zero-order valence-corrected chi connectivity index (χ0v) is 10.2. The van der Waals surface area contributed by atoms with Crippen molar-refractivity contribution in [2.75, 3.05) is 11.1 Å². The summed E-state index contributed by atoms with van der Waals surface area (Å²) in [6.07, 6.45) is 2.41. The molecular formula is C14H15N3O. The number of carbonyl (C=O) groups excluding carboxylic acids is 1. The fraction of sp³-hybridized carbons (Fsp3) is 0.143. The van der Waals surface area contributed by atoms with E-state index in [-0.39, 0.29) is 11.6 Å². The van der Waals surface area contributed by atoms with Crippen molar-refractivity contribution in [1.29, 1.82) is 0 Å². The van der Waals surface area contributed by atoms with E-state index in [2.05, 4.69) is 10.3 Å². The number of rotatable bonds is 3. The summed E-state index contributed by atoms with van der Waals surface area (Å²) in [5, 5.41) is 2.84. The minimum absolute atomic E-state index is 0.253. The molecule has 1 aromatic carbocycles. The van der Waals surface area contributed by atoms with Crippen molar-refractivity contribution in [3.8, 4) is 0 Å². The van der Waals surface area contributed by atoms with E-state index >= 15 is 0 Å². The number of hydrogen-bond donors (Lipinski definition) is 2. The van der Waals surface area contributed by atoms with E-state index in [0.29, 0.717) is 5.69 Å². The zero-order chi connectivity index (χ0) is 13.0. The number of benzene rings is 1. The maximum atomic E-state index is 12.0. The van der Waals surface area contributed by atoms with Crippen LogP contribution in [0.5, 0.6) is 0 Å². The highest BCUT2D eigenvalue weighted by molar-refractivity contribution is 6.06. The Hall–Kier alpha value is -2.36. The van der Waals surface area contributed by atoms with Gasteiger partial charge in [-0.15, -0.1) is 0 Å². The number of aryl methyl sites for hydroxylation is 1. The summed E-state index contributed by atoms with van der Waals surface area (Å²) in [6, 6.07) is 11.0. The maximum Gasteiger partial charge on any atom is 0.276 e. The fourth-order valence-electron chi connectivity index (χ4n) is 1.74. The molecule has 18 heavy (non-hydrogen) atoms. The lowest BCUT2D eigenvalue weighted by atomic mass is 10.1. The highest BCUT2D eigenvalue weighted by atomic mass is 16.1. The number of nitrogen functional groups attached to an aromatic ring is 1. The first kappa shape index (κ1) is 12.1. The largest absolute Gasteiger partial charge is 0.397 e. The highest BCUT2D eigenvalue weighted by Crippen LogP contribution is 2.17. The molecule has 3 N–H and O–H groups in total. The number of anilines is 2. The lowest BCUT2D eigenvalue weighted by Crippen LogP contribution is -2.16. The number of nitrogens with zero attached hydrogens (tertiary/aromatic N) is 1. The van der Waals surface area contributed by atoms with E-state index in [1.165, 1.54) is 0 Å². The standard InChI is InChI=1S/C14H15N3O/c1-2-10-6-3-4-8-12(10)17-14(18)13-11(15)7-5-9-16-13/h3-9H,2,15H2,1H3,(H,17,18). The van der Waals surface area contributed by atoms with E-state index in [9.17, 15) is 4.79 Å². The summed E-state index contributed by atoms with van der Waals surface area (Å²) in [7, 11) is 0. The molecule has 2 aromatic rings. The van der Waals surface area contributed by atoms with Crippen molar-refractivity contribution in [3.63, 3.8) is 0 Å². The van der Waals surface area contributed by atoms with Crippen molar-refractivity contribution in [1.82, 2.24) is 4.98 Å². The molecule has 4 heteroatoms. The highest BCUT2D eigenvalue weighted by Gasteiger charge is 2.12. The molecule has 0 aliphatic heterocycles. The molecule has 0 aliphatic carbocycles. The average molecular weight is 241 g/mol. The van der Waals surface area contributed by atoms with Crippen LogP contribution in [0.1, 0.15) is 23.0 Å². The molecule has 92 valence electrons. The average Bonchev–Trinajstić information content (AvgIpc) is 2.39. The Bertz CT molecular complexity index is 566. The van der Waals surface area contributed by atoms with Gasteiger partial charge in [0, 0.05) is 11.9 Å². The summed E-state index contributed by atoms with van der Waals surface area (Å²) in [5.41, 5.74) is 8.24. The van der Waals surface area contributed by atoms with Gasteiger partial charge in [-0.05, 0) is 30.2 Å². The second-order valence-corrected chi connectivity index (χ2v) is 3.91. The van der Waals surface area contributed by atoms with E-state index in [1.54, 1.807) is 18.3 Å². The molecule has 0 radical (unpaired) electrons. The maximum absolute atomic E-state index is 12.0. The third-order valence-corrected chi connectivity index (χ3v) is 2.70. The molecule has 1 heterocycles. The van der Waals surface area contributed by atoms with E-state index in [1.807, 2.05) is 31.2 Å². The van der Waals surface area contributed by atoms with E-state index < -0.39 is 0 Å². The topological polar surface area (TPSA) is 68.0 Å². The molecule has 0 aliphatic rings. The second-order valence-electron chi connectivity index (χ2n) is 3.91. The predicted octanol–water partition coefficient (Wildman–Crippen LogP) is 2.48. The fourth-order valence-corrected chi connectivity index (χ4v) is 1.74. The Labute approximate surface area is 106 Å². The minimum Gasteiger partial charge on any atom is -0.397 e. The van der Waals surface area contributed by atoms with Crippen molar-refractivity contribution >= 4 is 17.3 Å². The zero-order valence-electron chi connectivity index (χ0n) is 10.2. The van der Waals surface area contributed by atoms with Crippen molar-refractivity contribution < 1.29 is 4.79 Å². The number of pyridine rings is 1. The Morgan fingerprint density at radius 1 is 1.28 bits per heavy atom. The molecule has 0 spiro atoms. The first-order chi connectivity index (χ1) is 8.72. The quantitative estimate of drug-likeness (QED) is 0.867. The molecule has 0 atom stereocenters. The number of carbonyl (C=O) groups is 1. The van der Waals surface area contributed by atoms with Crippen LogP contribution in [0.15, 0.2) is 42.6 Å². The second kappa shape index (κ2) is 5.31. The Morgan fingerprint density at radius 2 is 2.06 bits per heavy atom. The smallest absolute Gasteiger partial charge is 0.276 e. The van der Waals surface area contributed by atoms with Gasteiger partial charge in [-0.25, -0.2) is 4.98 Å². The molecular weight excluding hydrogens is 226 g/mol. The molecule has 4 nitrogen and oxygen atoms in total.